The van der Waals surface area contributed by atoms with E-state index in [1.807, 2.05) is 45.0 Å². The summed E-state index contributed by atoms with van der Waals surface area (Å²) < 4.78 is 11.1. The Morgan fingerprint density at radius 1 is 1.00 bits per heavy atom. The minimum absolute atomic E-state index is 0.0916. The predicted molar refractivity (Wildman–Crippen MR) is 121 cm³/mol. The van der Waals surface area contributed by atoms with Crippen molar-refractivity contribution in [1.29, 1.82) is 0 Å². The van der Waals surface area contributed by atoms with Crippen molar-refractivity contribution < 1.29 is 19.1 Å². The number of benzene rings is 2. The summed E-state index contributed by atoms with van der Waals surface area (Å²) in [5.74, 6) is 0.635. The van der Waals surface area contributed by atoms with Crippen LogP contribution in [-0.2, 0) is 4.79 Å². The Morgan fingerprint density at radius 2 is 1.71 bits per heavy atom. The molecule has 0 spiro atoms. The maximum Gasteiger partial charge on any atom is 0.254 e. The number of hydrogen-bond acceptors (Lipinski definition) is 5. The second kappa shape index (κ2) is 9.93. The number of nitrogens with one attached hydrogen (secondary N) is 1. The molecule has 0 fully saturated rings. The number of nitrogens with zero attached hydrogens (tertiary/aromatic N) is 2. The van der Waals surface area contributed by atoms with E-state index in [4.69, 9.17) is 9.47 Å². The summed E-state index contributed by atoms with van der Waals surface area (Å²) in [5.41, 5.74) is 2.60. The molecule has 7 nitrogen and oxygen atoms in total. The number of rotatable bonds is 8. The summed E-state index contributed by atoms with van der Waals surface area (Å²) in [5, 5.41) is 3.58. The molecule has 0 bridgehead atoms. The molecule has 1 aromatic heterocycles. The van der Waals surface area contributed by atoms with Crippen molar-refractivity contribution in [2.24, 2.45) is 0 Å². The molecule has 0 aliphatic rings. The van der Waals surface area contributed by atoms with Crippen LogP contribution >= 0.6 is 0 Å². The van der Waals surface area contributed by atoms with Gasteiger partial charge in [-0.05, 0) is 45.0 Å². The van der Waals surface area contributed by atoms with Crippen LogP contribution in [0.2, 0.25) is 0 Å². The summed E-state index contributed by atoms with van der Waals surface area (Å²) in [6.07, 6.45) is 0. The first kappa shape index (κ1) is 22.1. The average molecular weight is 421 g/mol. The molecule has 0 unspecified atom stereocenters. The van der Waals surface area contributed by atoms with Crippen molar-refractivity contribution in [2.45, 2.75) is 20.8 Å². The van der Waals surface area contributed by atoms with E-state index in [0.717, 1.165) is 16.6 Å². The summed E-state index contributed by atoms with van der Waals surface area (Å²) in [7, 11) is 1.61. The van der Waals surface area contributed by atoms with E-state index < -0.39 is 0 Å². The van der Waals surface area contributed by atoms with Crippen molar-refractivity contribution in [1.82, 2.24) is 9.88 Å². The Bertz CT molecular complexity index is 1100. The van der Waals surface area contributed by atoms with Gasteiger partial charge in [0.2, 0.25) is 5.91 Å². The molecule has 3 rings (SSSR count). The summed E-state index contributed by atoms with van der Waals surface area (Å²) in [6.45, 7) is 6.53. The first-order valence-electron chi connectivity index (χ1n) is 10.2. The van der Waals surface area contributed by atoms with Gasteiger partial charge in [-0.25, -0.2) is 0 Å². The minimum Gasteiger partial charge on any atom is -0.490 e. The van der Waals surface area contributed by atoms with Crippen molar-refractivity contribution >= 4 is 28.4 Å². The van der Waals surface area contributed by atoms with Crippen LogP contribution in [-0.4, -0.2) is 48.5 Å². The van der Waals surface area contributed by atoms with Gasteiger partial charge in [0.05, 0.1) is 30.8 Å². The monoisotopic (exact) mass is 421 g/mol. The van der Waals surface area contributed by atoms with Crippen LogP contribution in [0.5, 0.6) is 11.5 Å². The molecule has 0 saturated heterocycles. The number of likely N-dealkylation sites (N-methyl/N-ethyl adjacent to an activating group) is 1. The first-order chi connectivity index (χ1) is 14.9. The van der Waals surface area contributed by atoms with Crippen molar-refractivity contribution in [3.8, 4) is 11.5 Å². The third kappa shape index (κ3) is 5.31. The normalized spacial score (nSPS) is 10.6. The number of hydrogen-bond donors (Lipinski definition) is 1. The second-order valence-electron chi connectivity index (χ2n) is 7.07. The van der Waals surface area contributed by atoms with Gasteiger partial charge < -0.3 is 19.7 Å². The van der Waals surface area contributed by atoms with Gasteiger partial charge in [-0.2, -0.15) is 0 Å². The van der Waals surface area contributed by atoms with Crippen LogP contribution in [0.3, 0.4) is 0 Å². The fourth-order valence-corrected chi connectivity index (χ4v) is 3.31. The van der Waals surface area contributed by atoms with Crippen molar-refractivity contribution in [3.63, 3.8) is 0 Å². The van der Waals surface area contributed by atoms with E-state index >= 15 is 0 Å². The van der Waals surface area contributed by atoms with Gasteiger partial charge in [-0.1, -0.05) is 18.2 Å². The number of aryl methyl sites for hydroxylation is 1. The van der Waals surface area contributed by atoms with E-state index in [1.165, 1.54) is 4.90 Å². The maximum absolute atomic E-state index is 13.0. The lowest BCUT2D eigenvalue weighted by Gasteiger charge is -2.19. The van der Waals surface area contributed by atoms with Gasteiger partial charge >= 0.3 is 0 Å². The van der Waals surface area contributed by atoms with Crippen LogP contribution in [0.1, 0.15) is 29.9 Å². The third-order valence-corrected chi connectivity index (χ3v) is 4.63. The molecule has 3 aromatic rings. The summed E-state index contributed by atoms with van der Waals surface area (Å²) in [6, 6.07) is 14.4. The van der Waals surface area contributed by atoms with Crippen LogP contribution < -0.4 is 14.8 Å². The molecule has 162 valence electrons. The van der Waals surface area contributed by atoms with E-state index in [1.54, 1.807) is 31.3 Å². The van der Waals surface area contributed by atoms with Gasteiger partial charge in [0.15, 0.2) is 11.5 Å². The molecular formula is C24H27N3O4. The maximum atomic E-state index is 13.0. The number of fused-ring (bicyclic) bond motifs is 1. The molecule has 2 amide bonds. The molecule has 0 atom stereocenters. The number of anilines is 1. The van der Waals surface area contributed by atoms with E-state index in [0.29, 0.717) is 36.0 Å². The number of pyridine rings is 1. The third-order valence-electron chi connectivity index (χ3n) is 4.63. The van der Waals surface area contributed by atoms with Gasteiger partial charge in [-0.3, -0.25) is 14.6 Å². The number of amides is 2. The Labute approximate surface area is 182 Å². The average Bonchev–Trinajstić information content (AvgIpc) is 2.74. The highest BCUT2D eigenvalue weighted by Gasteiger charge is 2.19. The van der Waals surface area contributed by atoms with Crippen molar-refractivity contribution in [3.05, 3.63) is 59.8 Å². The number of ether oxygens (including phenoxy) is 2. The quantitative estimate of drug-likeness (QED) is 0.593. The highest BCUT2D eigenvalue weighted by molar-refractivity contribution is 6.07. The molecule has 1 heterocycles. The fraction of sp³-hybridized carbons (Fsp3) is 0.292. The molecule has 0 radical (unpaired) electrons. The SMILES string of the molecule is CCOc1ccc(NC(=O)CN(C)C(=O)c2cc(C)nc3ccccc23)cc1OCC. The van der Waals surface area contributed by atoms with Gasteiger partial charge in [0, 0.05) is 29.9 Å². The Balaban J connectivity index is 1.72. The topological polar surface area (TPSA) is 80.8 Å². The zero-order chi connectivity index (χ0) is 22.4. The molecule has 2 aromatic carbocycles. The second-order valence-corrected chi connectivity index (χ2v) is 7.07. The standard InChI is InChI=1S/C24H27N3O4/c1-5-30-21-12-11-17(14-22(21)31-6-2)26-23(28)15-27(4)24(29)19-13-16(3)25-20-10-8-7-9-18(19)20/h7-14H,5-6,15H2,1-4H3,(H,26,28). The molecule has 1 N–H and O–H groups in total. The largest absolute Gasteiger partial charge is 0.490 e. The zero-order valence-electron chi connectivity index (χ0n) is 18.3. The van der Waals surface area contributed by atoms with Crippen LogP contribution in [0, 0.1) is 6.92 Å². The van der Waals surface area contributed by atoms with Crippen LogP contribution in [0.15, 0.2) is 48.5 Å². The fourth-order valence-electron chi connectivity index (χ4n) is 3.31. The highest BCUT2D eigenvalue weighted by atomic mass is 16.5. The number of aromatic nitrogens is 1. The Morgan fingerprint density at radius 3 is 2.45 bits per heavy atom. The summed E-state index contributed by atoms with van der Waals surface area (Å²) >= 11 is 0. The highest BCUT2D eigenvalue weighted by Crippen LogP contribution is 2.30. The molecular weight excluding hydrogens is 394 g/mol. The molecule has 0 aliphatic carbocycles. The summed E-state index contributed by atoms with van der Waals surface area (Å²) in [4.78, 5) is 31.5. The lowest BCUT2D eigenvalue weighted by Crippen LogP contribution is -2.35. The number of carbonyl (C=O) groups is 2. The number of carbonyl (C=O) groups excluding carboxylic acids is 2. The van der Waals surface area contributed by atoms with E-state index in [-0.39, 0.29) is 18.4 Å². The minimum atomic E-state index is -0.308. The number of para-hydroxylation sites is 1. The molecule has 0 aliphatic heterocycles. The Hall–Kier alpha value is -3.61. The Kier molecular flexibility index (Phi) is 7.07. The predicted octanol–water partition coefficient (Wildman–Crippen LogP) is 4.05. The lowest BCUT2D eigenvalue weighted by molar-refractivity contribution is -0.116. The van der Waals surface area contributed by atoms with Gasteiger partial charge in [0.1, 0.15) is 0 Å². The molecule has 0 saturated carbocycles. The van der Waals surface area contributed by atoms with Crippen LogP contribution in [0.4, 0.5) is 5.69 Å². The van der Waals surface area contributed by atoms with E-state index in [9.17, 15) is 9.59 Å². The molecule has 7 heteroatoms. The molecule has 31 heavy (non-hydrogen) atoms. The smallest absolute Gasteiger partial charge is 0.254 e. The van der Waals surface area contributed by atoms with E-state index in [2.05, 4.69) is 10.3 Å². The van der Waals surface area contributed by atoms with Crippen LogP contribution in [0.25, 0.3) is 10.9 Å². The zero-order valence-corrected chi connectivity index (χ0v) is 18.3. The lowest BCUT2D eigenvalue weighted by atomic mass is 10.1. The van der Waals surface area contributed by atoms with Crippen molar-refractivity contribution in [2.75, 3.05) is 32.1 Å². The first-order valence-corrected chi connectivity index (χ1v) is 10.2. The van der Waals surface area contributed by atoms with Gasteiger partial charge in [-0.15, -0.1) is 0 Å². The van der Waals surface area contributed by atoms with Gasteiger partial charge in [0.25, 0.3) is 5.91 Å².